The molecule has 0 saturated carbocycles. The largest absolute Gasteiger partial charge is 0.482 e. The first-order valence-electron chi connectivity index (χ1n) is 7.82. The molecule has 0 bridgehead atoms. The first-order valence-corrected chi connectivity index (χ1v) is 9.01. The van der Waals surface area contributed by atoms with Gasteiger partial charge in [0.15, 0.2) is 16.6 Å². The number of rotatable bonds is 2. The second-order valence-electron chi connectivity index (χ2n) is 5.84. The van der Waals surface area contributed by atoms with E-state index in [1.165, 1.54) is 11.3 Å². The Morgan fingerprint density at radius 1 is 1.20 bits per heavy atom. The Morgan fingerprint density at radius 2 is 1.92 bits per heavy atom. The summed E-state index contributed by atoms with van der Waals surface area (Å²) in [5.74, 6) is 0.918. The Hall–Kier alpha value is -2.31. The molecule has 2 heterocycles. The lowest BCUT2D eigenvalue weighted by Crippen LogP contribution is -2.46. The number of ether oxygens (including phenoxy) is 2. The Bertz CT molecular complexity index is 972. The van der Waals surface area contributed by atoms with Crippen molar-refractivity contribution in [2.24, 2.45) is 0 Å². The monoisotopic (exact) mass is 374 g/mol. The van der Waals surface area contributed by atoms with Gasteiger partial charge in [-0.1, -0.05) is 35.1 Å². The quantitative estimate of drug-likeness (QED) is 0.721. The third-order valence-corrected chi connectivity index (χ3v) is 5.42. The van der Waals surface area contributed by atoms with E-state index in [1.807, 2.05) is 44.2 Å². The number of nitrogens with zero attached hydrogens (tertiary/aromatic N) is 1. The van der Waals surface area contributed by atoms with E-state index in [1.54, 1.807) is 6.07 Å². The number of thiazole rings is 1. The topological polar surface area (TPSA) is 60.5 Å². The third-order valence-electron chi connectivity index (χ3n) is 4.08. The van der Waals surface area contributed by atoms with Crippen LogP contribution in [0.25, 0.3) is 10.2 Å². The fourth-order valence-corrected chi connectivity index (χ4v) is 3.82. The predicted octanol–water partition coefficient (Wildman–Crippen LogP) is 4.43. The Kier molecular flexibility index (Phi) is 4.01. The van der Waals surface area contributed by atoms with E-state index >= 15 is 0 Å². The number of para-hydroxylation sites is 2. The SMILES string of the molecule is Cc1c(Cl)ccc2sc(NC(=O)C3Oc4ccccc4OC3C)nc12. The summed E-state index contributed by atoms with van der Waals surface area (Å²) in [6.07, 6.45) is -1.15. The standard InChI is InChI=1S/C18H15ClN2O3S/c1-9-11(19)7-8-14-15(9)20-18(25-14)21-17(22)16-10(2)23-12-5-3-4-6-13(12)24-16/h3-8,10,16H,1-2H3,(H,20,21,22). The van der Waals surface area contributed by atoms with Gasteiger partial charge in [-0.15, -0.1) is 0 Å². The fourth-order valence-electron chi connectivity index (χ4n) is 2.74. The molecule has 0 fully saturated rings. The fraction of sp³-hybridized carbons (Fsp3) is 0.222. The van der Waals surface area contributed by atoms with Gasteiger partial charge in [0.1, 0.15) is 6.10 Å². The third kappa shape index (κ3) is 2.92. The molecule has 7 heteroatoms. The number of hydrogen-bond donors (Lipinski definition) is 1. The molecule has 5 nitrogen and oxygen atoms in total. The summed E-state index contributed by atoms with van der Waals surface area (Å²) in [5, 5.41) is 4.00. The molecule has 128 valence electrons. The molecule has 25 heavy (non-hydrogen) atoms. The van der Waals surface area contributed by atoms with Crippen molar-refractivity contribution in [3.8, 4) is 11.5 Å². The van der Waals surface area contributed by atoms with Gasteiger partial charge in [-0.3, -0.25) is 10.1 Å². The minimum absolute atomic E-state index is 0.287. The summed E-state index contributed by atoms with van der Waals surface area (Å²) in [7, 11) is 0. The minimum Gasteiger partial charge on any atom is -0.482 e. The zero-order chi connectivity index (χ0) is 17.6. The smallest absolute Gasteiger partial charge is 0.271 e. The van der Waals surface area contributed by atoms with Gasteiger partial charge in [0, 0.05) is 5.02 Å². The van der Waals surface area contributed by atoms with Crippen LogP contribution in [0.5, 0.6) is 11.5 Å². The molecule has 1 aliphatic rings. The highest BCUT2D eigenvalue weighted by Gasteiger charge is 2.34. The van der Waals surface area contributed by atoms with Crippen LogP contribution < -0.4 is 14.8 Å². The molecule has 0 aliphatic carbocycles. The molecule has 2 unspecified atom stereocenters. The van der Waals surface area contributed by atoms with Crippen LogP contribution in [-0.4, -0.2) is 23.1 Å². The molecule has 1 aromatic heterocycles. The van der Waals surface area contributed by atoms with E-state index in [9.17, 15) is 4.79 Å². The van der Waals surface area contributed by atoms with E-state index in [0.29, 0.717) is 21.7 Å². The molecule has 1 amide bonds. The average molecular weight is 375 g/mol. The summed E-state index contributed by atoms with van der Waals surface area (Å²) in [6.45, 7) is 3.72. The predicted molar refractivity (Wildman–Crippen MR) is 98.9 cm³/mol. The number of carbonyl (C=O) groups excluding carboxylic acids is 1. The highest BCUT2D eigenvalue weighted by molar-refractivity contribution is 7.22. The van der Waals surface area contributed by atoms with Gasteiger partial charge in [-0.25, -0.2) is 4.98 Å². The maximum absolute atomic E-state index is 12.6. The van der Waals surface area contributed by atoms with Gasteiger partial charge >= 0.3 is 0 Å². The Balaban J connectivity index is 1.57. The second kappa shape index (κ2) is 6.20. The van der Waals surface area contributed by atoms with Gasteiger partial charge in [0.25, 0.3) is 5.91 Å². The average Bonchev–Trinajstić information content (AvgIpc) is 3.01. The van der Waals surface area contributed by atoms with Crippen LogP contribution in [0.4, 0.5) is 5.13 Å². The van der Waals surface area contributed by atoms with Crippen molar-refractivity contribution in [1.82, 2.24) is 4.98 Å². The molecule has 2 aromatic carbocycles. The molecule has 0 spiro atoms. The summed E-state index contributed by atoms with van der Waals surface area (Å²) in [5.41, 5.74) is 1.70. The molecule has 4 rings (SSSR count). The molecule has 2 atom stereocenters. The van der Waals surface area contributed by atoms with Crippen molar-refractivity contribution in [1.29, 1.82) is 0 Å². The molecular formula is C18H15ClN2O3S. The minimum atomic E-state index is -0.744. The number of hydrogen-bond acceptors (Lipinski definition) is 5. The molecule has 1 aliphatic heterocycles. The second-order valence-corrected chi connectivity index (χ2v) is 7.27. The summed E-state index contributed by atoms with van der Waals surface area (Å²) in [6, 6.07) is 11.0. The van der Waals surface area contributed by atoms with Gasteiger partial charge in [0.2, 0.25) is 6.10 Å². The van der Waals surface area contributed by atoms with Gasteiger partial charge in [-0.2, -0.15) is 0 Å². The van der Waals surface area contributed by atoms with Crippen LogP contribution >= 0.6 is 22.9 Å². The van der Waals surface area contributed by atoms with Crippen molar-refractivity contribution < 1.29 is 14.3 Å². The van der Waals surface area contributed by atoms with Crippen molar-refractivity contribution in [2.75, 3.05) is 5.32 Å². The maximum atomic E-state index is 12.6. The Labute approximate surface area is 153 Å². The first kappa shape index (κ1) is 16.2. The lowest BCUT2D eigenvalue weighted by molar-refractivity contribution is -0.128. The lowest BCUT2D eigenvalue weighted by Gasteiger charge is -2.30. The van der Waals surface area contributed by atoms with E-state index < -0.39 is 12.2 Å². The number of nitrogens with one attached hydrogen (secondary N) is 1. The number of halogens is 1. The normalized spacial score (nSPS) is 19.0. The van der Waals surface area contributed by atoms with Crippen LogP contribution in [-0.2, 0) is 4.79 Å². The maximum Gasteiger partial charge on any atom is 0.271 e. The van der Waals surface area contributed by atoms with Gasteiger partial charge in [0.05, 0.1) is 10.2 Å². The Morgan fingerprint density at radius 3 is 2.68 bits per heavy atom. The van der Waals surface area contributed by atoms with E-state index in [2.05, 4.69) is 10.3 Å². The van der Waals surface area contributed by atoms with Crippen molar-refractivity contribution in [3.63, 3.8) is 0 Å². The first-order chi connectivity index (χ1) is 12.0. The highest BCUT2D eigenvalue weighted by Crippen LogP contribution is 2.35. The summed E-state index contributed by atoms with van der Waals surface area (Å²) in [4.78, 5) is 17.1. The van der Waals surface area contributed by atoms with Crippen LogP contribution in [0, 0.1) is 6.92 Å². The number of benzene rings is 2. The number of anilines is 1. The molecule has 0 radical (unpaired) electrons. The van der Waals surface area contributed by atoms with Crippen LogP contribution in [0.3, 0.4) is 0 Å². The summed E-state index contributed by atoms with van der Waals surface area (Å²) >= 11 is 7.53. The van der Waals surface area contributed by atoms with Crippen LogP contribution in [0.2, 0.25) is 5.02 Å². The number of aryl methyl sites for hydroxylation is 1. The number of aromatic nitrogens is 1. The van der Waals surface area contributed by atoms with E-state index in [4.69, 9.17) is 21.1 Å². The molecule has 1 N–H and O–H groups in total. The van der Waals surface area contributed by atoms with E-state index in [-0.39, 0.29) is 5.91 Å². The van der Waals surface area contributed by atoms with Gasteiger partial charge < -0.3 is 9.47 Å². The van der Waals surface area contributed by atoms with Crippen molar-refractivity contribution >= 4 is 44.2 Å². The number of amides is 1. The van der Waals surface area contributed by atoms with Crippen LogP contribution in [0.1, 0.15) is 12.5 Å². The van der Waals surface area contributed by atoms with Crippen LogP contribution in [0.15, 0.2) is 36.4 Å². The molecular weight excluding hydrogens is 360 g/mol. The highest BCUT2D eigenvalue weighted by atomic mass is 35.5. The molecule has 0 saturated heterocycles. The number of fused-ring (bicyclic) bond motifs is 2. The van der Waals surface area contributed by atoms with Gasteiger partial charge in [-0.05, 0) is 43.7 Å². The zero-order valence-electron chi connectivity index (χ0n) is 13.6. The molecule has 3 aromatic rings. The summed E-state index contributed by atoms with van der Waals surface area (Å²) < 4.78 is 12.6. The lowest BCUT2D eigenvalue weighted by atomic mass is 10.1. The zero-order valence-corrected chi connectivity index (χ0v) is 15.1. The van der Waals surface area contributed by atoms with Crippen molar-refractivity contribution in [3.05, 3.63) is 47.0 Å². The number of carbonyl (C=O) groups is 1. The van der Waals surface area contributed by atoms with Crippen molar-refractivity contribution in [2.45, 2.75) is 26.1 Å². The van der Waals surface area contributed by atoms with E-state index in [0.717, 1.165) is 15.8 Å².